The first-order valence-corrected chi connectivity index (χ1v) is 14.2. The largest absolute Gasteiger partial charge is 0.490 e. The van der Waals surface area contributed by atoms with Crippen LogP contribution in [0.3, 0.4) is 0 Å². The fourth-order valence-electron chi connectivity index (χ4n) is 3.20. The van der Waals surface area contributed by atoms with Crippen LogP contribution in [0.4, 0.5) is 0 Å². The normalized spacial score (nSPS) is 25.9. The van der Waals surface area contributed by atoms with Crippen LogP contribution >= 0.6 is 23.5 Å². The summed E-state index contributed by atoms with van der Waals surface area (Å²) in [6, 6.07) is 6.59. The van der Waals surface area contributed by atoms with Crippen LogP contribution in [0.15, 0.2) is 40.1 Å². The summed E-state index contributed by atoms with van der Waals surface area (Å²) >= 11 is 0. The van der Waals surface area contributed by atoms with Gasteiger partial charge in [0.2, 0.25) is 0 Å². The van der Waals surface area contributed by atoms with Crippen molar-refractivity contribution in [3.63, 3.8) is 0 Å². The minimum atomic E-state index is -5.77. The molecule has 1 aromatic carbocycles. The summed E-state index contributed by atoms with van der Waals surface area (Å²) in [4.78, 5) is 62.5. The maximum Gasteiger partial charge on any atom is 0.490 e. The van der Waals surface area contributed by atoms with Crippen molar-refractivity contribution >= 4 is 23.5 Å². The standard InChI is InChI=1S/C16H21N2O15P3/c1-8-2-4-9(5-3-8)18-6-10(15(21)17-16(18)22)14-13(20)12(19)11(31-14)7-30-35(26,27)33-36(28,29)32-34(23,24)25/h2-6,11-14,19-20H,7H2,1H3,(H,26,27)(H,28,29)(H,17,21,22)(H2,23,24,25)/t11-,12-,13-,14+/m1/s1. The molecule has 1 aliphatic heterocycles. The van der Waals surface area contributed by atoms with E-state index in [0.29, 0.717) is 5.69 Å². The van der Waals surface area contributed by atoms with E-state index in [4.69, 9.17) is 14.5 Å². The zero-order chi connectivity index (χ0) is 27.1. The fourth-order valence-corrected chi connectivity index (χ4v) is 6.23. The molecule has 2 unspecified atom stereocenters. The van der Waals surface area contributed by atoms with E-state index in [1.54, 1.807) is 24.3 Å². The molecule has 2 aromatic rings. The predicted molar refractivity (Wildman–Crippen MR) is 117 cm³/mol. The third-order valence-electron chi connectivity index (χ3n) is 4.77. The number of aliphatic hydroxyl groups is 2. The molecule has 0 radical (unpaired) electrons. The van der Waals surface area contributed by atoms with Crippen molar-refractivity contribution < 1.29 is 61.4 Å². The predicted octanol–water partition coefficient (Wildman–Crippen LogP) is -0.661. The van der Waals surface area contributed by atoms with Crippen LogP contribution in [-0.2, 0) is 31.6 Å². The molecular formula is C16H21N2O15P3. The number of H-pyrrole nitrogens is 1. The van der Waals surface area contributed by atoms with Crippen molar-refractivity contribution in [3.05, 3.63) is 62.4 Å². The number of nitrogens with one attached hydrogen (secondary N) is 1. The number of benzene rings is 1. The van der Waals surface area contributed by atoms with Crippen molar-refractivity contribution in [2.24, 2.45) is 0 Å². The molecular weight excluding hydrogens is 553 g/mol. The van der Waals surface area contributed by atoms with E-state index >= 15 is 0 Å². The Morgan fingerprint density at radius 3 is 2.17 bits per heavy atom. The lowest BCUT2D eigenvalue weighted by atomic mass is 10.0. The maximum atomic E-state index is 12.4. The van der Waals surface area contributed by atoms with Gasteiger partial charge in [-0.15, -0.1) is 0 Å². The highest BCUT2D eigenvalue weighted by Crippen LogP contribution is 2.66. The number of phosphoric ester groups is 1. The summed E-state index contributed by atoms with van der Waals surface area (Å²) in [5.74, 6) is 0. The number of hydrogen-bond acceptors (Lipinski definition) is 11. The number of aliphatic hydroxyl groups excluding tert-OH is 2. The lowest BCUT2D eigenvalue weighted by molar-refractivity contribution is -0.0228. The van der Waals surface area contributed by atoms with Crippen molar-refractivity contribution in [3.8, 4) is 5.69 Å². The van der Waals surface area contributed by atoms with Gasteiger partial charge in [0.25, 0.3) is 5.56 Å². The van der Waals surface area contributed by atoms with Gasteiger partial charge in [-0.1, -0.05) is 17.7 Å². The van der Waals surface area contributed by atoms with Gasteiger partial charge in [-0.3, -0.25) is 18.9 Å². The minimum absolute atomic E-state index is 0.289. The molecule has 3 rings (SSSR count). The molecule has 2 heterocycles. The average Bonchev–Trinajstić information content (AvgIpc) is 2.99. The fraction of sp³-hybridized carbons (Fsp3) is 0.375. The van der Waals surface area contributed by atoms with Gasteiger partial charge in [0.05, 0.1) is 17.9 Å². The quantitative estimate of drug-likeness (QED) is 0.183. The van der Waals surface area contributed by atoms with E-state index in [2.05, 4.69) is 18.1 Å². The lowest BCUT2D eigenvalue weighted by Crippen LogP contribution is -2.35. The molecule has 1 fully saturated rings. The summed E-state index contributed by atoms with van der Waals surface area (Å²) in [5.41, 5.74) is -0.783. The second-order valence-corrected chi connectivity index (χ2v) is 11.9. The van der Waals surface area contributed by atoms with Gasteiger partial charge >= 0.3 is 29.2 Å². The van der Waals surface area contributed by atoms with E-state index < -0.39 is 65.7 Å². The van der Waals surface area contributed by atoms with Gasteiger partial charge in [-0.25, -0.2) is 18.5 Å². The molecule has 7 N–H and O–H groups in total. The molecule has 1 aliphatic rings. The van der Waals surface area contributed by atoms with Crippen molar-refractivity contribution in [2.75, 3.05) is 6.61 Å². The van der Waals surface area contributed by atoms with Gasteiger partial charge in [-0.05, 0) is 19.1 Å². The molecule has 1 aromatic heterocycles. The van der Waals surface area contributed by atoms with Crippen LogP contribution in [0.1, 0.15) is 17.2 Å². The Labute approximate surface area is 201 Å². The zero-order valence-electron chi connectivity index (χ0n) is 18.0. The summed E-state index contributed by atoms with van der Waals surface area (Å²) in [7, 11) is -16.9. The summed E-state index contributed by atoms with van der Waals surface area (Å²) in [6.45, 7) is 0.755. The first-order valence-electron chi connectivity index (χ1n) is 9.71. The van der Waals surface area contributed by atoms with Gasteiger partial charge in [0.15, 0.2) is 0 Å². The number of nitrogens with zero attached hydrogens (tertiary/aromatic N) is 1. The van der Waals surface area contributed by atoms with Gasteiger partial charge < -0.3 is 34.5 Å². The van der Waals surface area contributed by atoms with Crippen LogP contribution in [0.25, 0.3) is 5.69 Å². The van der Waals surface area contributed by atoms with Gasteiger partial charge in [0, 0.05) is 6.20 Å². The van der Waals surface area contributed by atoms with Crippen molar-refractivity contribution in [2.45, 2.75) is 31.3 Å². The summed E-state index contributed by atoms with van der Waals surface area (Å²) in [5, 5.41) is 20.6. The molecule has 200 valence electrons. The monoisotopic (exact) mass is 574 g/mol. The number of aromatic amines is 1. The second-order valence-electron chi connectivity index (χ2n) is 7.51. The highest BCUT2D eigenvalue weighted by atomic mass is 31.3. The van der Waals surface area contributed by atoms with Gasteiger partial charge in [-0.2, -0.15) is 8.62 Å². The Morgan fingerprint density at radius 2 is 1.58 bits per heavy atom. The Hall–Kier alpha value is -1.81. The molecule has 20 heteroatoms. The third-order valence-corrected chi connectivity index (χ3v) is 8.57. The smallest absolute Gasteiger partial charge is 0.387 e. The Bertz CT molecular complexity index is 1370. The van der Waals surface area contributed by atoms with E-state index in [1.807, 2.05) is 6.92 Å². The molecule has 17 nitrogen and oxygen atoms in total. The Balaban J connectivity index is 1.78. The maximum absolute atomic E-state index is 12.4. The third kappa shape index (κ3) is 7.15. The highest BCUT2D eigenvalue weighted by molar-refractivity contribution is 7.66. The number of rotatable bonds is 9. The van der Waals surface area contributed by atoms with Gasteiger partial charge in [0.1, 0.15) is 24.4 Å². The number of aromatic nitrogens is 2. The van der Waals surface area contributed by atoms with E-state index in [0.717, 1.165) is 16.3 Å². The molecule has 0 spiro atoms. The van der Waals surface area contributed by atoms with E-state index in [1.165, 1.54) is 0 Å². The molecule has 6 atom stereocenters. The zero-order valence-corrected chi connectivity index (χ0v) is 20.7. The number of aryl methyl sites for hydroxylation is 1. The van der Waals surface area contributed by atoms with Crippen LogP contribution < -0.4 is 11.2 Å². The van der Waals surface area contributed by atoms with E-state index in [-0.39, 0.29) is 5.56 Å². The molecule has 0 aliphatic carbocycles. The van der Waals surface area contributed by atoms with Crippen LogP contribution in [0.5, 0.6) is 0 Å². The molecule has 0 bridgehead atoms. The highest BCUT2D eigenvalue weighted by Gasteiger charge is 2.47. The lowest BCUT2D eigenvalue weighted by Gasteiger charge is -2.19. The second kappa shape index (κ2) is 10.5. The summed E-state index contributed by atoms with van der Waals surface area (Å²) < 4.78 is 51.9. The molecule has 0 saturated carbocycles. The van der Waals surface area contributed by atoms with Crippen molar-refractivity contribution in [1.29, 1.82) is 0 Å². The van der Waals surface area contributed by atoms with Crippen LogP contribution in [0, 0.1) is 6.92 Å². The van der Waals surface area contributed by atoms with Crippen LogP contribution in [0.2, 0.25) is 0 Å². The first-order chi connectivity index (χ1) is 16.5. The molecule has 0 amide bonds. The Morgan fingerprint density at radius 1 is 0.972 bits per heavy atom. The van der Waals surface area contributed by atoms with Crippen molar-refractivity contribution in [1.82, 2.24) is 9.55 Å². The number of ether oxygens (including phenoxy) is 1. The van der Waals surface area contributed by atoms with E-state index in [9.17, 15) is 43.3 Å². The SMILES string of the molecule is Cc1ccc(-n2cc([C@@H]3O[C@H](COP(=O)(O)OP(=O)(O)OP(=O)(O)O)[C@@H](O)[C@H]3O)c(=O)[nH]c2=O)cc1. The molecule has 1 saturated heterocycles. The minimum Gasteiger partial charge on any atom is -0.387 e. The average molecular weight is 574 g/mol. The summed E-state index contributed by atoms with van der Waals surface area (Å²) in [6.07, 6.45) is -5.67. The topological polar surface area (TPSA) is 264 Å². The molecule has 36 heavy (non-hydrogen) atoms. The number of hydrogen-bond donors (Lipinski definition) is 7. The Kier molecular flexibility index (Phi) is 8.40. The van der Waals surface area contributed by atoms with Crippen LogP contribution in [-0.4, -0.2) is 64.3 Å². The first kappa shape index (κ1) is 28.8. The number of phosphoric acid groups is 3.